The minimum Gasteiger partial charge on any atom is -0.481 e. The van der Waals surface area contributed by atoms with Gasteiger partial charge < -0.3 is 14.6 Å². The summed E-state index contributed by atoms with van der Waals surface area (Å²) in [5, 5.41) is 7.13. The van der Waals surface area contributed by atoms with E-state index in [9.17, 15) is 0 Å². The number of nitrogens with zero attached hydrogens (tertiary/aromatic N) is 2. The van der Waals surface area contributed by atoms with Gasteiger partial charge in [0.15, 0.2) is 12.4 Å². The van der Waals surface area contributed by atoms with Crippen LogP contribution in [-0.2, 0) is 19.6 Å². The van der Waals surface area contributed by atoms with Crippen molar-refractivity contribution in [3.8, 4) is 5.75 Å². The van der Waals surface area contributed by atoms with Gasteiger partial charge in [-0.05, 0) is 56.1 Å². The highest BCUT2D eigenvalue weighted by molar-refractivity contribution is 9.11. The highest BCUT2D eigenvalue weighted by Crippen LogP contribution is 2.35. The molecule has 0 aliphatic rings. The van der Waals surface area contributed by atoms with Crippen molar-refractivity contribution in [2.45, 2.75) is 33.4 Å². The van der Waals surface area contributed by atoms with E-state index in [2.05, 4.69) is 54.2 Å². The molecule has 7 heteroatoms. The smallest absolute Gasteiger partial charge is 0.264 e. The number of hydrogen-bond donors (Lipinski definition) is 1. The van der Waals surface area contributed by atoms with Crippen LogP contribution in [0.5, 0.6) is 5.75 Å². The molecule has 0 unspecified atom stereocenters. The molecular weight excluding hydrogens is 402 g/mol. The highest BCUT2D eigenvalue weighted by atomic mass is 79.9. The van der Waals surface area contributed by atoms with Gasteiger partial charge in [0.2, 0.25) is 0 Å². The zero-order valence-corrected chi connectivity index (χ0v) is 15.1. The van der Waals surface area contributed by atoms with Gasteiger partial charge in [-0.2, -0.15) is 4.98 Å². The minimum atomic E-state index is 0.247. The molecule has 0 spiro atoms. The highest BCUT2D eigenvalue weighted by Gasteiger charge is 2.11. The van der Waals surface area contributed by atoms with Crippen molar-refractivity contribution in [2.75, 3.05) is 6.54 Å². The fraction of sp³-hybridized carbons (Fsp3) is 0.429. The lowest BCUT2D eigenvalue weighted by Gasteiger charge is -2.11. The average Bonchev–Trinajstić information content (AvgIpc) is 2.92. The predicted molar refractivity (Wildman–Crippen MR) is 87.2 cm³/mol. The molecule has 2 rings (SSSR count). The Kier molecular flexibility index (Phi) is 6.20. The van der Waals surface area contributed by atoms with E-state index in [-0.39, 0.29) is 6.61 Å². The van der Waals surface area contributed by atoms with Crippen LogP contribution in [0.25, 0.3) is 0 Å². The summed E-state index contributed by atoms with van der Waals surface area (Å²) in [4.78, 5) is 4.22. The molecule has 1 aromatic heterocycles. The summed E-state index contributed by atoms with van der Waals surface area (Å²) in [7, 11) is 0. The third kappa shape index (κ3) is 4.52. The van der Waals surface area contributed by atoms with E-state index in [1.807, 2.05) is 19.1 Å². The van der Waals surface area contributed by atoms with E-state index < -0.39 is 0 Å². The Morgan fingerprint density at radius 1 is 1.24 bits per heavy atom. The number of hydrogen-bond acceptors (Lipinski definition) is 5. The Labute approximate surface area is 140 Å². The lowest BCUT2D eigenvalue weighted by atomic mass is 10.2. The van der Waals surface area contributed by atoms with Gasteiger partial charge in [0.25, 0.3) is 5.89 Å². The normalized spacial score (nSPS) is 10.9. The van der Waals surface area contributed by atoms with Gasteiger partial charge in [-0.25, -0.2) is 0 Å². The Balaban J connectivity index is 2.05. The van der Waals surface area contributed by atoms with E-state index in [4.69, 9.17) is 9.26 Å². The third-order valence-electron chi connectivity index (χ3n) is 2.80. The summed E-state index contributed by atoms with van der Waals surface area (Å²) in [5.74, 6) is 1.89. The fourth-order valence-corrected chi connectivity index (χ4v) is 3.26. The maximum Gasteiger partial charge on any atom is 0.264 e. The quantitative estimate of drug-likeness (QED) is 0.739. The topological polar surface area (TPSA) is 60.2 Å². The summed E-state index contributed by atoms with van der Waals surface area (Å²) >= 11 is 7.07. The SMILES string of the molecule is CCNCc1cc(Br)c(OCc2nc(CC)no2)c(Br)c1. The lowest BCUT2D eigenvalue weighted by Crippen LogP contribution is -2.11. The molecule has 5 nitrogen and oxygen atoms in total. The first-order chi connectivity index (χ1) is 10.1. The van der Waals surface area contributed by atoms with Crippen LogP contribution in [0.1, 0.15) is 31.1 Å². The molecule has 1 N–H and O–H groups in total. The van der Waals surface area contributed by atoms with E-state index in [1.165, 1.54) is 5.56 Å². The van der Waals surface area contributed by atoms with Crippen LogP contribution in [0, 0.1) is 0 Å². The van der Waals surface area contributed by atoms with Crippen LogP contribution in [0.2, 0.25) is 0 Å². The number of benzene rings is 1. The lowest BCUT2D eigenvalue weighted by molar-refractivity contribution is 0.240. The maximum atomic E-state index is 5.76. The van der Waals surface area contributed by atoms with Crippen molar-refractivity contribution in [1.82, 2.24) is 15.5 Å². The predicted octanol–water partition coefficient (Wildman–Crippen LogP) is 3.85. The Hall–Kier alpha value is -0.920. The van der Waals surface area contributed by atoms with Crippen LogP contribution in [0.15, 0.2) is 25.6 Å². The standard InChI is InChI=1S/C14H17Br2N3O2/c1-3-12-18-13(21-19-12)8-20-14-10(15)5-9(6-11(14)16)7-17-4-2/h5-6,17H,3-4,7-8H2,1-2H3. The second-order valence-electron chi connectivity index (χ2n) is 4.42. The molecule has 0 fully saturated rings. The molecule has 0 amide bonds. The first-order valence-electron chi connectivity index (χ1n) is 6.76. The molecule has 0 saturated heterocycles. The number of halogens is 2. The van der Waals surface area contributed by atoms with Crippen molar-refractivity contribution in [3.63, 3.8) is 0 Å². The number of rotatable bonds is 7. The van der Waals surface area contributed by atoms with Crippen LogP contribution in [0.4, 0.5) is 0 Å². The molecule has 0 saturated carbocycles. The van der Waals surface area contributed by atoms with E-state index in [0.29, 0.717) is 11.7 Å². The number of aryl methyl sites for hydroxylation is 1. The van der Waals surface area contributed by atoms with E-state index in [0.717, 1.165) is 34.2 Å². The molecule has 0 atom stereocenters. The van der Waals surface area contributed by atoms with Gasteiger partial charge in [-0.3, -0.25) is 0 Å². The number of nitrogens with one attached hydrogen (secondary N) is 1. The molecule has 0 aliphatic carbocycles. The molecule has 1 aromatic carbocycles. The van der Waals surface area contributed by atoms with E-state index >= 15 is 0 Å². The van der Waals surface area contributed by atoms with Crippen molar-refractivity contribution in [2.24, 2.45) is 0 Å². The molecule has 0 radical (unpaired) electrons. The van der Waals surface area contributed by atoms with Gasteiger partial charge in [0.1, 0.15) is 5.75 Å². The molecule has 0 bridgehead atoms. The van der Waals surface area contributed by atoms with Crippen LogP contribution in [0.3, 0.4) is 0 Å². The molecular formula is C14H17Br2N3O2. The third-order valence-corrected chi connectivity index (χ3v) is 3.98. The van der Waals surface area contributed by atoms with Crippen molar-refractivity contribution >= 4 is 31.9 Å². The van der Waals surface area contributed by atoms with Crippen molar-refractivity contribution < 1.29 is 9.26 Å². The molecule has 0 aliphatic heterocycles. The van der Waals surface area contributed by atoms with Crippen molar-refractivity contribution in [1.29, 1.82) is 0 Å². The zero-order valence-electron chi connectivity index (χ0n) is 11.9. The Morgan fingerprint density at radius 3 is 2.52 bits per heavy atom. The van der Waals surface area contributed by atoms with Crippen molar-refractivity contribution in [3.05, 3.63) is 38.4 Å². The van der Waals surface area contributed by atoms with E-state index in [1.54, 1.807) is 0 Å². The second kappa shape index (κ2) is 7.91. The summed E-state index contributed by atoms with van der Waals surface area (Å²) in [6.07, 6.45) is 0.746. The molecule has 21 heavy (non-hydrogen) atoms. The van der Waals surface area contributed by atoms with Gasteiger partial charge in [0.05, 0.1) is 8.95 Å². The molecule has 1 heterocycles. The minimum absolute atomic E-state index is 0.247. The summed E-state index contributed by atoms with van der Waals surface area (Å²) in [6, 6.07) is 4.07. The van der Waals surface area contributed by atoms with Crippen LogP contribution in [-0.4, -0.2) is 16.7 Å². The maximum absolute atomic E-state index is 5.76. The van der Waals surface area contributed by atoms with Gasteiger partial charge >= 0.3 is 0 Å². The van der Waals surface area contributed by atoms with Crippen LogP contribution >= 0.6 is 31.9 Å². The summed E-state index contributed by atoms with van der Waals surface area (Å²) < 4.78 is 12.6. The Bertz CT molecular complexity index is 579. The van der Waals surface area contributed by atoms with Gasteiger partial charge in [0, 0.05) is 13.0 Å². The average molecular weight is 419 g/mol. The van der Waals surface area contributed by atoms with Gasteiger partial charge in [-0.1, -0.05) is 19.0 Å². The largest absolute Gasteiger partial charge is 0.481 e. The fourth-order valence-electron chi connectivity index (χ4n) is 1.75. The Morgan fingerprint density at radius 2 is 1.95 bits per heavy atom. The zero-order chi connectivity index (χ0) is 15.2. The second-order valence-corrected chi connectivity index (χ2v) is 6.12. The van der Waals surface area contributed by atoms with Crippen LogP contribution < -0.4 is 10.1 Å². The van der Waals surface area contributed by atoms with Gasteiger partial charge in [-0.15, -0.1) is 0 Å². The monoisotopic (exact) mass is 417 g/mol. The number of ether oxygens (including phenoxy) is 1. The summed E-state index contributed by atoms with van der Waals surface area (Å²) in [6.45, 7) is 6.06. The molecule has 2 aromatic rings. The first-order valence-corrected chi connectivity index (χ1v) is 8.35. The number of aromatic nitrogens is 2. The molecule has 114 valence electrons. The summed E-state index contributed by atoms with van der Waals surface area (Å²) in [5.41, 5.74) is 1.18. The first kappa shape index (κ1) is 16.5.